The fourth-order valence-electron chi connectivity index (χ4n) is 0. The van der Waals surface area contributed by atoms with Crippen LogP contribution in [-0.2, 0) is 0 Å². The van der Waals surface area contributed by atoms with Gasteiger partial charge in [0.2, 0.25) is 0 Å². The Morgan fingerprint density at radius 3 is 1.75 bits per heavy atom. The monoisotopic (exact) mass is 280 g/mol. The van der Waals surface area contributed by atoms with Gasteiger partial charge in [0.05, 0.1) is 0 Å². The fourth-order valence-corrected chi connectivity index (χ4v) is 0. The van der Waals surface area contributed by atoms with Crippen LogP contribution in [0.25, 0.3) is 0 Å². The Labute approximate surface area is 73.0 Å². The van der Waals surface area contributed by atoms with Crippen LogP contribution < -0.4 is 0 Å². The quantitative estimate of drug-likeness (QED) is 0.631. The predicted octanol–water partition coefficient (Wildman–Crippen LogP) is 1.52. The molecule has 0 aliphatic heterocycles. The first-order chi connectivity index (χ1) is 1.41. The first kappa shape index (κ1) is 9.22. The molecule has 0 aliphatic carbocycles. The van der Waals surface area contributed by atoms with Gasteiger partial charge in [-0.25, -0.2) is 0 Å². The third-order valence-corrected chi connectivity index (χ3v) is 0. The van der Waals surface area contributed by atoms with Crippen molar-refractivity contribution in [3.8, 4) is 0 Å². The minimum absolute atomic E-state index is 0. The van der Waals surface area contributed by atoms with E-state index in [2.05, 4.69) is 22.5 Å². The maximum Gasteiger partial charge on any atom is 0 e. The molecule has 0 fully saturated rings. The van der Waals surface area contributed by atoms with Gasteiger partial charge < -0.3 is 0 Å². The van der Waals surface area contributed by atoms with Gasteiger partial charge in [0, 0.05) is 46.9 Å². The van der Waals surface area contributed by atoms with E-state index in [4.69, 9.17) is 0 Å². The average Bonchev–Trinajstić information content (AvgIpc) is 0.918. The maximum absolute atomic E-state index is 3.28. The molecule has 0 aromatic carbocycles. The summed E-state index contributed by atoms with van der Waals surface area (Å²) < 4.78 is 0. The molecule has 0 unspecified atom stereocenters. The molecule has 0 rings (SSSR count). The van der Waals surface area contributed by atoms with Crippen molar-refractivity contribution in [2.75, 3.05) is 0 Å². The van der Waals surface area contributed by atoms with E-state index in [1.165, 1.54) is 0 Å². The zero-order valence-electron chi connectivity index (χ0n) is 1.93. The van der Waals surface area contributed by atoms with E-state index in [1.54, 1.807) is 4.99 Å². The van der Waals surface area contributed by atoms with Gasteiger partial charge in [-0.3, -0.25) is 0 Å². The van der Waals surface area contributed by atoms with Gasteiger partial charge in [-0.2, -0.15) is 0 Å². The van der Waals surface area contributed by atoms with Gasteiger partial charge in [-0.1, -0.05) is 22.5 Å². The van der Waals surface area contributed by atoms with Gasteiger partial charge in [-0.05, 0) is 4.99 Å². The molecule has 2 heteroatoms. The maximum atomic E-state index is 3.28. The molecule has 0 aliphatic rings. The third kappa shape index (κ3) is 9.27. The minimum Gasteiger partial charge on any atom is -0.0921 e. The number of halogens is 1. The normalized spacial score (nSPS) is 3.25. The summed E-state index contributed by atoms with van der Waals surface area (Å²) in [4.78, 5) is 1.56. The van der Waals surface area contributed by atoms with E-state index < -0.39 is 0 Å². The molecule has 0 saturated heterocycles. The van der Waals surface area contributed by atoms with E-state index in [0.29, 0.717) is 0 Å². The summed E-state index contributed by atoms with van der Waals surface area (Å²) in [7, 11) is 0. The summed E-state index contributed by atoms with van der Waals surface area (Å²) in [5.41, 5.74) is 0. The minimum atomic E-state index is 0. The second-order valence-corrected chi connectivity index (χ2v) is 0.802. The van der Waals surface area contributed by atoms with Crippen LogP contribution in [0.5, 0.6) is 0 Å². The van der Waals surface area contributed by atoms with Crippen molar-refractivity contribution in [2.45, 2.75) is 0 Å². The van der Waals surface area contributed by atoms with Crippen LogP contribution in [0.4, 0.5) is 0 Å². The Hall–Kier alpha value is 1.74. The molecule has 0 amide bonds. The van der Waals surface area contributed by atoms with Crippen molar-refractivity contribution in [3.05, 3.63) is 11.6 Å². The standard InChI is InChI=1S/C2H3Br.Yb/c1-2-3;/h2H,1H2;. The van der Waals surface area contributed by atoms with E-state index in [9.17, 15) is 0 Å². The molecule has 0 spiro atoms. The molecule has 0 radical (unpaired) electrons. The number of rotatable bonds is 0. The Morgan fingerprint density at radius 1 is 1.75 bits per heavy atom. The van der Waals surface area contributed by atoms with E-state index in [0.717, 1.165) is 0 Å². The van der Waals surface area contributed by atoms with Crippen molar-refractivity contribution in [3.63, 3.8) is 0 Å². The molecule has 0 atom stereocenters. The molecular formula is C2H3BrYb. The molecule has 0 N–H and O–H groups in total. The van der Waals surface area contributed by atoms with Crippen LogP contribution in [0.1, 0.15) is 0 Å². The summed E-state index contributed by atoms with van der Waals surface area (Å²) in [6, 6.07) is 0. The Morgan fingerprint density at radius 2 is 1.75 bits per heavy atom. The largest absolute Gasteiger partial charge is 0.0921 e. The van der Waals surface area contributed by atoms with Gasteiger partial charge in [0.25, 0.3) is 0 Å². The van der Waals surface area contributed by atoms with Gasteiger partial charge in [-0.15, -0.1) is 0 Å². The van der Waals surface area contributed by atoms with E-state index >= 15 is 0 Å². The van der Waals surface area contributed by atoms with Crippen LogP contribution in [0, 0.1) is 46.9 Å². The van der Waals surface area contributed by atoms with Crippen LogP contribution in [0.3, 0.4) is 0 Å². The van der Waals surface area contributed by atoms with E-state index in [-0.39, 0.29) is 46.9 Å². The molecule has 4 heavy (non-hydrogen) atoms. The molecule has 0 aromatic heterocycles. The van der Waals surface area contributed by atoms with Crippen molar-refractivity contribution in [2.24, 2.45) is 0 Å². The summed E-state index contributed by atoms with van der Waals surface area (Å²) in [6.07, 6.45) is 0. The Bertz CT molecular complexity index is 13.5. The first-order valence-corrected chi connectivity index (χ1v) is 1.54. The third-order valence-electron chi connectivity index (χ3n) is 0. The summed E-state index contributed by atoms with van der Waals surface area (Å²) >= 11 is 2.91. The van der Waals surface area contributed by atoms with Crippen LogP contribution >= 0.6 is 15.9 Å². The zero-order chi connectivity index (χ0) is 2.71. The predicted molar refractivity (Wildman–Crippen MR) is 19.1 cm³/mol. The fraction of sp³-hybridized carbons (Fsp3) is 0. The number of hydrogen-bond acceptors (Lipinski definition) is 0. The molecule has 0 heterocycles. The summed E-state index contributed by atoms with van der Waals surface area (Å²) in [5.74, 6) is 0. The van der Waals surface area contributed by atoms with Gasteiger partial charge in [0.15, 0.2) is 0 Å². The van der Waals surface area contributed by atoms with Crippen LogP contribution in [-0.4, -0.2) is 0 Å². The molecule has 0 saturated carbocycles. The van der Waals surface area contributed by atoms with Crippen molar-refractivity contribution in [1.82, 2.24) is 0 Å². The molecule has 0 nitrogen and oxygen atoms in total. The average molecular weight is 280 g/mol. The second kappa shape index (κ2) is 8.83. The van der Waals surface area contributed by atoms with E-state index in [1.807, 2.05) is 0 Å². The topological polar surface area (TPSA) is 0 Å². The first-order valence-electron chi connectivity index (χ1n) is 0.626. The summed E-state index contributed by atoms with van der Waals surface area (Å²) in [6.45, 7) is 3.28. The van der Waals surface area contributed by atoms with Gasteiger partial charge in [0.1, 0.15) is 0 Å². The van der Waals surface area contributed by atoms with Gasteiger partial charge >= 0.3 is 0 Å². The molecular weight excluding hydrogens is 277 g/mol. The zero-order valence-corrected chi connectivity index (χ0v) is 5.23. The molecule has 0 aromatic rings. The van der Waals surface area contributed by atoms with Crippen molar-refractivity contribution >= 4 is 15.9 Å². The summed E-state index contributed by atoms with van der Waals surface area (Å²) in [5, 5.41) is 0. The SMILES string of the molecule is C=CBr.[Yb]. The number of hydrogen-bond donors (Lipinski definition) is 0. The van der Waals surface area contributed by atoms with Crippen molar-refractivity contribution < 1.29 is 46.9 Å². The van der Waals surface area contributed by atoms with Crippen LogP contribution in [0.15, 0.2) is 11.6 Å². The molecule has 32 valence electrons. The van der Waals surface area contributed by atoms with Crippen molar-refractivity contribution in [1.29, 1.82) is 0 Å². The molecule has 0 bridgehead atoms. The Balaban J connectivity index is 0. The second-order valence-electron chi connectivity index (χ2n) is 0.154. The Kier molecular flexibility index (Phi) is 20.4. The smallest absolute Gasteiger partial charge is 0 e. The van der Waals surface area contributed by atoms with Crippen LogP contribution in [0.2, 0.25) is 0 Å².